The molecule has 0 amide bonds. The van der Waals surface area contributed by atoms with Gasteiger partial charge in [-0.05, 0) is 28.8 Å². The lowest BCUT2D eigenvalue weighted by Crippen LogP contribution is -2.26. The Hall–Kier alpha value is 0.0900. The lowest BCUT2D eigenvalue weighted by atomic mass is 10.2. The fourth-order valence-corrected chi connectivity index (χ4v) is 2.50. The Balaban J connectivity index is 2.30. The molecule has 0 aromatic carbocycles. The van der Waals surface area contributed by atoms with Crippen LogP contribution in [0.3, 0.4) is 0 Å². The minimum atomic E-state index is -3.10. The van der Waals surface area contributed by atoms with Gasteiger partial charge in [0.1, 0.15) is 4.66 Å². The molecule has 13 heavy (non-hydrogen) atoms. The lowest BCUT2D eigenvalue weighted by Gasteiger charge is -2.01. The van der Waals surface area contributed by atoms with Gasteiger partial charge in [-0.1, -0.05) is 15.9 Å². The standard InChI is InChI=1S/C7H10BrNO2S2/c8-6-13(10,11)9-3-1-7-2-4-12-5-7/h2,4-5,9H,1,3,6H2. The van der Waals surface area contributed by atoms with Gasteiger partial charge in [0, 0.05) is 6.54 Å². The van der Waals surface area contributed by atoms with Gasteiger partial charge in [-0.3, -0.25) is 0 Å². The van der Waals surface area contributed by atoms with E-state index in [9.17, 15) is 8.42 Å². The molecule has 1 rings (SSSR count). The van der Waals surface area contributed by atoms with E-state index in [1.807, 2.05) is 16.8 Å². The minimum Gasteiger partial charge on any atom is -0.214 e. The molecule has 0 aliphatic rings. The fraction of sp³-hybridized carbons (Fsp3) is 0.429. The highest BCUT2D eigenvalue weighted by Crippen LogP contribution is 2.05. The van der Waals surface area contributed by atoms with E-state index in [1.54, 1.807) is 11.3 Å². The molecule has 74 valence electrons. The maximum atomic E-state index is 11.0. The summed E-state index contributed by atoms with van der Waals surface area (Å²) in [6.45, 7) is 0.463. The smallest absolute Gasteiger partial charge is 0.214 e. The topological polar surface area (TPSA) is 46.2 Å². The predicted molar refractivity (Wildman–Crippen MR) is 58.7 cm³/mol. The molecule has 0 spiro atoms. The van der Waals surface area contributed by atoms with E-state index in [2.05, 4.69) is 20.7 Å². The molecule has 0 unspecified atom stereocenters. The van der Waals surface area contributed by atoms with Crippen LogP contribution in [0.2, 0.25) is 0 Å². The number of alkyl halides is 1. The molecule has 3 nitrogen and oxygen atoms in total. The molecular weight excluding hydrogens is 274 g/mol. The van der Waals surface area contributed by atoms with E-state index < -0.39 is 10.0 Å². The van der Waals surface area contributed by atoms with Gasteiger partial charge in [-0.15, -0.1) is 0 Å². The third-order valence-electron chi connectivity index (χ3n) is 1.46. The van der Waals surface area contributed by atoms with Crippen LogP contribution in [0.5, 0.6) is 0 Å². The highest BCUT2D eigenvalue weighted by Gasteiger charge is 2.05. The number of sulfonamides is 1. The summed E-state index contributed by atoms with van der Waals surface area (Å²) in [4.78, 5) is 0. The summed E-state index contributed by atoms with van der Waals surface area (Å²) >= 11 is 4.52. The Morgan fingerprint density at radius 3 is 2.85 bits per heavy atom. The molecule has 0 aliphatic carbocycles. The molecule has 0 saturated heterocycles. The first-order chi connectivity index (χ1) is 6.14. The molecule has 1 aromatic heterocycles. The van der Waals surface area contributed by atoms with E-state index in [0.717, 1.165) is 6.42 Å². The summed E-state index contributed by atoms with van der Waals surface area (Å²) in [6, 6.07) is 1.99. The van der Waals surface area contributed by atoms with E-state index >= 15 is 0 Å². The van der Waals surface area contributed by atoms with Crippen LogP contribution in [0.15, 0.2) is 16.8 Å². The summed E-state index contributed by atoms with van der Waals surface area (Å²) in [5.74, 6) is 0. The molecule has 6 heteroatoms. The van der Waals surface area contributed by atoms with Crippen LogP contribution in [0.25, 0.3) is 0 Å². The SMILES string of the molecule is O=S(=O)(CBr)NCCc1ccsc1. The quantitative estimate of drug-likeness (QED) is 0.834. The normalized spacial score (nSPS) is 11.8. The van der Waals surface area contributed by atoms with Crippen molar-refractivity contribution in [3.8, 4) is 0 Å². The van der Waals surface area contributed by atoms with Gasteiger partial charge in [-0.2, -0.15) is 11.3 Å². The first-order valence-corrected chi connectivity index (χ1v) is 7.40. The predicted octanol–water partition coefficient (Wildman–Crippen LogP) is 1.56. The highest BCUT2D eigenvalue weighted by molar-refractivity contribution is 9.10. The fourth-order valence-electron chi connectivity index (χ4n) is 0.824. The summed E-state index contributed by atoms with van der Waals surface area (Å²) in [5, 5.41) is 4.00. The van der Waals surface area contributed by atoms with Crippen molar-refractivity contribution in [3.05, 3.63) is 22.4 Å². The molecule has 1 heterocycles. The van der Waals surface area contributed by atoms with Crippen molar-refractivity contribution in [2.45, 2.75) is 6.42 Å². The van der Waals surface area contributed by atoms with Gasteiger partial charge < -0.3 is 0 Å². The van der Waals surface area contributed by atoms with Gasteiger partial charge >= 0.3 is 0 Å². The molecule has 0 bridgehead atoms. The van der Waals surface area contributed by atoms with Crippen molar-refractivity contribution in [2.24, 2.45) is 0 Å². The van der Waals surface area contributed by atoms with E-state index in [4.69, 9.17) is 0 Å². The highest BCUT2D eigenvalue weighted by atomic mass is 79.9. The molecule has 1 N–H and O–H groups in total. The molecule has 0 saturated carbocycles. The Morgan fingerprint density at radius 1 is 1.54 bits per heavy atom. The van der Waals surface area contributed by atoms with Crippen molar-refractivity contribution >= 4 is 37.3 Å². The Labute approximate surface area is 90.3 Å². The van der Waals surface area contributed by atoms with Gasteiger partial charge in [0.15, 0.2) is 0 Å². The molecule has 0 aliphatic heterocycles. The van der Waals surface area contributed by atoms with Crippen molar-refractivity contribution in [3.63, 3.8) is 0 Å². The van der Waals surface area contributed by atoms with Crippen molar-refractivity contribution < 1.29 is 8.42 Å². The van der Waals surface area contributed by atoms with Crippen LogP contribution in [-0.2, 0) is 16.4 Å². The van der Waals surface area contributed by atoms with Crippen LogP contribution < -0.4 is 4.72 Å². The zero-order chi connectivity index (χ0) is 9.73. The van der Waals surface area contributed by atoms with E-state index in [-0.39, 0.29) is 4.66 Å². The first-order valence-electron chi connectivity index (χ1n) is 3.68. The van der Waals surface area contributed by atoms with Crippen molar-refractivity contribution in [1.29, 1.82) is 0 Å². The monoisotopic (exact) mass is 283 g/mol. The van der Waals surface area contributed by atoms with Crippen LogP contribution in [0.4, 0.5) is 0 Å². The van der Waals surface area contributed by atoms with E-state index in [0.29, 0.717) is 6.54 Å². The number of thiophene rings is 1. The average Bonchev–Trinajstić information content (AvgIpc) is 2.57. The van der Waals surface area contributed by atoms with Gasteiger partial charge in [0.2, 0.25) is 10.0 Å². The van der Waals surface area contributed by atoms with Crippen LogP contribution in [-0.4, -0.2) is 19.6 Å². The zero-order valence-electron chi connectivity index (χ0n) is 6.86. The zero-order valence-corrected chi connectivity index (χ0v) is 10.1. The van der Waals surface area contributed by atoms with E-state index in [1.165, 1.54) is 5.56 Å². The van der Waals surface area contributed by atoms with Gasteiger partial charge in [0.05, 0.1) is 0 Å². The summed E-state index contributed by atoms with van der Waals surface area (Å²) in [6.07, 6.45) is 0.746. The minimum absolute atomic E-state index is 0.0381. The van der Waals surface area contributed by atoms with Gasteiger partial charge in [-0.25, -0.2) is 13.1 Å². The average molecular weight is 284 g/mol. The molecule has 0 fully saturated rings. The van der Waals surface area contributed by atoms with Crippen molar-refractivity contribution in [1.82, 2.24) is 4.72 Å². The number of rotatable bonds is 5. The van der Waals surface area contributed by atoms with Gasteiger partial charge in [0.25, 0.3) is 0 Å². The Kier molecular flexibility index (Phi) is 4.37. The maximum absolute atomic E-state index is 11.0. The maximum Gasteiger partial charge on any atom is 0.221 e. The number of nitrogens with one attached hydrogen (secondary N) is 1. The second kappa shape index (κ2) is 5.09. The molecular formula is C7H10BrNO2S2. The molecule has 0 atom stereocenters. The first kappa shape index (κ1) is 11.2. The number of hydrogen-bond acceptors (Lipinski definition) is 3. The Morgan fingerprint density at radius 2 is 2.31 bits per heavy atom. The Bertz CT molecular complexity index is 333. The summed E-state index contributed by atoms with van der Waals surface area (Å²) in [7, 11) is -3.10. The second-order valence-electron chi connectivity index (χ2n) is 2.50. The number of halogens is 1. The lowest BCUT2D eigenvalue weighted by molar-refractivity contribution is 0.587. The summed E-state index contributed by atoms with van der Waals surface area (Å²) in [5.41, 5.74) is 1.17. The third kappa shape index (κ3) is 4.21. The van der Waals surface area contributed by atoms with Crippen molar-refractivity contribution in [2.75, 3.05) is 11.2 Å². The largest absolute Gasteiger partial charge is 0.221 e. The molecule has 1 aromatic rings. The second-order valence-corrected chi connectivity index (χ2v) is 6.39. The van der Waals surface area contributed by atoms with Crippen LogP contribution in [0.1, 0.15) is 5.56 Å². The van der Waals surface area contributed by atoms with Crippen LogP contribution in [0, 0.1) is 0 Å². The van der Waals surface area contributed by atoms with Crippen LogP contribution >= 0.6 is 27.3 Å². The number of hydrogen-bond donors (Lipinski definition) is 1. The third-order valence-corrected chi connectivity index (χ3v) is 4.93. The molecule has 0 radical (unpaired) electrons. The summed E-state index contributed by atoms with van der Waals surface area (Å²) < 4.78 is 24.4.